The third kappa shape index (κ3) is 3.36. The van der Waals surface area contributed by atoms with E-state index in [1.807, 2.05) is 24.5 Å². The quantitative estimate of drug-likeness (QED) is 0.817. The molecule has 0 bridgehead atoms. The minimum Gasteiger partial charge on any atom is -0.265 e. The second kappa shape index (κ2) is 5.68. The molecule has 0 spiro atoms. The lowest BCUT2D eigenvalue weighted by Crippen LogP contribution is -2.02. The van der Waals surface area contributed by atoms with E-state index < -0.39 is 0 Å². The Balaban J connectivity index is 1.82. The SMILES string of the molecule is Cc1ccc(SNCc2ccncc2)cc1. The Hall–Kier alpha value is -1.32. The second-order valence-corrected chi connectivity index (χ2v) is 4.56. The van der Waals surface area contributed by atoms with Crippen LogP contribution < -0.4 is 4.72 Å². The molecule has 0 saturated carbocycles. The Morgan fingerprint density at radius 1 is 1.06 bits per heavy atom. The molecule has 0 aliphatic carbocycles. The minimum absolute atomic E-state index is 0.848. The van der Waals surface area contributed by atoms with Crippen LogP contribution >= 0.6 is 11.9 Å². The molecule has 2 nitrogen and oxygen atoms in total. The van der Waals surface area contributed by atoms with Gasteiger partial charge < -0.3 is 0 Å². The van der Waals surface area contributed by atoms with E-state index in [1.54, 1.807) is 11.9 Å². The summed E-state index contributed by atoms with van der Waals surface area (Å²) in [7, 11) is 0. The topological polar surface area (TPSA) is 24.9 Å². The monoisotopic (exact) mass is 230 g/mol. The van der Waals surface area contributed by atoms with Crippen LogP contribution in [0.2, 0.25) is 0 Å². The molecule has 2 aromatic rings. The van der Waals surface area contributed by atoms with Crippen LogP contribution in [0.1, 0.15) is 11.1 Å². The maximum absolute atomic E-state index is 3.99. The number of aromatic nitrogens is 1. The largest absolute Gasteiger partial charge is 0.265 e. The first kappa shape index (κ1) is 11.2. The van der Waals surface area contributed by atoms with E-state index in [0.717, 1.165) is 6.54 Å². The average molecular weight is 230 g/mol. The molecule has 1 N–H and O–H groups in total. The van der Waals surface area contributed by atoms with E-state index in [9.17, 15) is 0 Å². The van der Waals surface area contributed by atoms with Crippen LogP contribution in [0.15, 0.2) is 53.7 Å². The number of pyridine rings is 1. The van der Waals surface area contributed by atoms with Gasteiger partial charge in [-0.1, -0.05) is 17.7 Å². The Kier molecular flexibility index (Phi) is 3.97. The molecule has 0 unspecified atom stereocenters. The summed E-state index contributed by atoms with van der Waals surface area (Å²) in [6.07, 6.45) is 3.63. The maximum atomic E-state index is 3.99. The van der Waals surface area contributed by atoms with Crippen molar-refractivity contribution in [1.82, 2.24) is 9.71 Å². The van der Waals surface area contributed by atoms with E-state index in [0.29, 0.717) is 0 Å². The third-order valence-corrected chi connectivity index (χ3v) is 3.03. The summed E-state index contributed by atoms with van der Waals surface area (Å²) in [4.78, 5) is 5.22. The third-order valence-electron chi connectivity index (χ3n) is 2.24. The van der Waals surface area contributed by atoms with Gasteiger partial charge in [-0.2, -0.15) is 0 Å². The van der Waals surface area contributed by atoms with Crippen molar-refractivity contribution in [3.8, 4) is 0 Å². The molecule has 0 atom stereocenters. The molecule has 0 aliphatic heterocycles. The van der Waals surface area contributed by atoms with Crippen molar-refractivity contribution in [2.24, 2.45) is 0 Å². The number of nitrogens with one attached hydrogen (secondary N) is 1. The van der Waals surface area contributed by atoms with Gasteiger partial charge in [-0.25, -0.2) is 0 Å². The van der Waals surface area contributed by atoms with Crippen LogP contribution in [0.4, 0.5) is 0 Å². The Morgan fingerprint density at radius 3 is 2.44 bits per heavy atom. The molecular weight excluding hydrogens is 216 g/mol. The van der Waals surface area contributed by atoms with Crippen molar-refractivity contribution in [3.05, 3.63) is 59.9 Å². The second-order valence-electron chi connectivity index (χ2n) is 3.59. The molecule has 1 heterocycles. The van der Waals surface area contributed by atoms with Crippen molar-refractivity contribution in [2.45, 2.75) is 18.4 Å². The highest BCUT2D eigenvalue weighted by molar-refractivity contribution is 7.97. The van der Waals surface area contributed by atoms with Gasteiger partial charge in [0.2, 0.25) is 0 Å². The highest BCUT2D eigenvalue weighted by Crippen LogP contribution is 2.15. The molecule has 0 fully saturated rings. The van der Waals surface area contributed by atoms with Gasteiger partial charge in [-0.05, 0) is 48.7 Å². The van der Waals surface area contributed by atoms with Crippen molar-refractivity contribution in [3.63, 3.8) is 0 Å². The van der Waals surface area contributed by atoms with E-state index in [1.165, 1.54) is 16.0 Å². The summed E-state index contributed by atoms with van der Waals surface area (Å²) in [6, 6.07) is 12.5. The minimum atomic E-state index is 0.848. The zero-order valence-corrected chi connectivity index (χ0v) is 10.00. The predicted octanol–water partition coefficient (Wildman–Crippen LogP) is 3.19. The summed E-state index contributed by atoms with van der Waals surface area (Å²) in [5.74, 6) is 0. The van der Waals surface area contributed by atoms with Gasteiger partial charge in [-0.3, -0.25) is 9.71 Å². The first-order valence-electron chi connectivity index (χ1n) is 5.20. The molecule has 82 valence electrons. The Labute approximate surface area is 100 Å². The zero-order valence-electron chi connectivity index (χ0n) is 9.18. The van der Waals surface area contributed by atoms with E-state index in [-0.39, 0.29) is 0 Å². The lowest BCUT2D eigenvalue weighted by Gasteiger charge is -2.04. The van der Waals surface area contributed by atoms with Crippen LogP contribution in [-0.4, -0.2) is 4.98 Å². The zero-order chi connectivity index (χ0) is 11.2. The number of rotatable bonds is 4. The van der Waals surface area contributed by atoms with Gasteiger partial charge in [-0.15, -0.1) is 0 Å². The molecule has 1 aromatic heterocycles. The molecule has 1 aromatic carbocycles. The Morgan fingerprint density at radius 2 is 1.75 bits per heavy atom. The first-order chi connectivity index (χ1) is 7.84. The fourth-order valence-corrected chi connectivity index (χ4v) is 1.99. The molecule has 0 aliphatic rings. The van der Waals surface area contributed by atoms with Gasteiger partial charge in [0.05, 0.1) is 0 Å². The van der Waals surface area contributed by atoms with Crippen molar-refractivity contribution < 1.29 is 0 Å². The van der Waals surface area contributed by atoms with Crippen LogP contribution in [0, 0.1) is 6.92 Å². The molecule has 0 radical (unpaired) electrons. The number of benzene rings is 1. The molecule has 2 rings (SSSR count). The van der Waals surface area contributed by atoms with E-state index in [2.05, 4.69) is 40.9 Å². The summed E-state index contributed by atoms with van der Waals surface area (Å²) in [6.45, 7) is 2.94. The van der Waals surface area contributed by atoms with Crippen LogP contribution in [0.25, 0.3) is 0 Å². The lowest BCUT2D eigenvalue weighted by molar-refractivity contribution is 0.969. The van der Waals surface area contributed by atoms with E-state index >= 15 is 0 Å². The number of nitrogens with zero attached hydrogens (tertiary/aromatic N) is 1. The number of aryl methyl sites for hydroxylation is 1. The maximum Gasteiger partial charge on any atom is 0.0314 e. The van der Waals surface area contributed by atoms with Gasteiger partial charge in [0.1, 0.15) is 0 Å². The highest BCUT2D eigenvalue weighted by Gasteiger charge is 1.94. The fraction of sp³-hybridized carbons (Fsp3) is 0.154. The number of hydrogen-bond donors (Lipinski definition) is 1. The van der Waals surface area contributed by atoms with Crippen LogP contribution in [-0.2, 0) is 6.54 Å². The average Bonchev–Trinajstić information content (AvgIpc) is 2.33. The van der Waals surface area contributed by atoms with Crippen molar-refractivity contribution in [1.29, 1.82) is 0 Å². The summed E-state index contributed by atoms with van der Waals surface area (Å²) in [5, 5.41) is 0. The van der Waals surface area contributed by atoms with Gasteiger partial charge in [0.15, 0.2) is 0 Å². The summed E-state index contributed by atoms with van der Waals surface area (Å²) < 4.78 is 3.33. The summed E-state index contributed by atoms with van der Waals surface area (Å²) >= 11 is 1.65. The molecule has 0 amide bonds. The smallest absolute Gasteiger partial charge is 0.0314 e. The molecular formula is C13H14N2S. The normalized spacial score (nSPS) is 10.3. The summed E-state index contributed by atoms with van der Waals surface area (Å²) in [5.41, 5.74) is 2.54. The van der Waals surface area contributed by atoms with Crippen LogP contribution in [0.5, 0.6) is 0 Å². The van der Waals surface area contributed by atoms with Gasteiger partial charge in [0.25, 0.3) is 0 Å². The number of hydrogen-bond acceptors (Lipinski definition) is 3. The highest BCUT2D eigenvalue weighted by atomic mass is 32.2. The molecule has 0 saturated heterocycles. The lowest BCUT2D eigenvalue weighted by atomic mass is 10.2. The van der Waals surface area contributed by atoms with Crippen molar-refractivity contribution >= 4 is 11.9 Å². The molecule has 3 heteroatoms. The Bertz CT molecular complexity index is 425. The molecule has 16 heavy (non-hydrogen) atoms. The van der Waals surface area contributed by atoms with Crippen molar-refractivity contribution in [2.75, 3.05) is 0 Å². The van der Waals surface area contributed by atoms with Crippen LogP contribution in [0.3, 0.4) is 0 Å². The van der Waals surface area contributed by atoms with Gasteiger partial charge >= 0.3 is 0 Å². The predicted molar refractivity (Wildman–Crippen MR) is 68.1 cm³/mol. The standard InChI is InChI=1S/C13H14N2S/c1-11-2-4-13(5-3-11)16-15-10-12-6-8-14-9-7-12/h2-9,15H,10H2,1H3. The fourth-order valence-electron chi connectivity index (χ4n) is 1.31. The van der Waals surface area contributed by atoms with E-state index in [4.69, 9.17) is 0 Å². The van der Waals surface area contributed by atoms with Gasteiger partial charge in [0, 0.05) is 23.8 Å². The first-order valence-corrected chi connectivity index (χ1v) is 6.01.